The average Bonchev–Trinajstić information content (AvgIpc) is 1.57. The summed E-state index contributed by atoms with van der Waals surface area (Å²) in [6.45, 7) is 17.4. The molecule has 0 aliphatic heterocycles. The Balaban J connectivity index is 0.705. The number of aromatic nitrogens is 6. The molecule has 100 heavy (non-hydrogen) atoms. The second kappa shape index (κ2) is 21.3. The quantitative estimate of drug-likeness (QED) is 0.140. The van der Waals surface area contributed by atoms with Crippen LogP contribution in [0.4, 0.5) is 0 Å². The Morgan fingerprint density at radius 1 is 0.170 bits per heavy atom. The third-order valence-corrected chi connectivity index (χ3v) is 21.6. The second-order valence-corrected chi connectivity index (χ2v) is 28.4. The molecule has 0 aliphatic rings. The lowest BCUT2D eigenvalue weighted by molar-refractivity contribution is 0.103. The SMILES string of the molecule is Cc1ccc2c(c1)c1cc(C)ccc1n2-c1ccc2c(c1)c1cc(-n3c4ccc(C)cc4c4cc(C)ccc43)ccc1n2-c1ccc(C(=O)c2ccc(-n3c4ccc(-n5c6ccc(C)cc6c6cc(C)ccc65)cc4c4cc(-n5c6ccc(C)cc6c6cc(C)ccc65)ccc43)cc2)cc1. The van der Waals surface area contributed by atoms with Crippen LogP contribution in [-0.4, -0.2) is 33.2 Å². The van der Waals surface area contributed by atoms with E-state index in [-0.39, 0.29) is 5.78 Å². The Hall–Kier alpha value is -12.5. The molecule has 0 bridgehead atoms. The molecule has 20 aromatic rings. The summed E-state index contributed by atoms with van der Waals surface area (Å²) in [7, 11) is 0. The molecule has 6 aromatic heterocycles. The van der Waals surface area contributed by atoms with Gasteiger partial charge in [0.15, 0.2) is 5.78 Å². The zero-order chi connectivity index (χ0) is 67.2. The van der Waals surface area contributed by atoms with Crippen molar-refractivity contribution in [3.63, 3.8) is 0 Å². The van der Waals surface area contributed by atoms with E-state index in [0.717, 1.165) is 77.7 Å². The minimum Gasteiger partial charge on any atom is -0.309 e. The van der Waals surface area contributed by atoms with Crippen LogP contribution in [0.25, 0.3) is 165 Å². The van der Waals surface area contributed by atoms with Crippen molar-refractivity contribution in [2.45, 2.75) is 55.4 Å². The van der Waals surface area contributed by atoms with Crippen LogP contribution in [0, 0.1) is 55.4 Å². The molecule has 0 radical (unpaired) electrons. The molecule has 0 N–H and O–H groups in total. The molecular formula is C93H68N6O. The highest BCUT2D eigenvalue weighted by molar-refractivity contribution is 6.18. The summed E-state index contributed by atoms with van der Waals surface area (Å²) in [4.78, 5) is 15.0. The lowest BCUT2D eigenvalue weighted by atomic mass is 10.0. The lowest BCUT2D eigenvalue weighted by Crippen LogP contribution is -2.03. The maximum absolute atomic E-state index is 15.0. The van der Waals surface area contributed by atoms with E-state index in [1.165, 1.54) is 132 Å². The van der Waals surface area contributed by atoms with Gasteiger partial charge in [-0.05, 0) is 274 Å². The molecule has 0 spiro atoms. The van der Waals surface area contributed by atoms with Gasteiger partial charge in [-0.2, -0.15) is 0 Å². The number of hydrogen-bond donors (Lipinski definition) is 0. The average molecular weight is 1290 g/mol. The molecule has 20 rings (SSSR count). The summed E-state index contributed by atoms with van der Waals surface area (Å²) in [6.07, 6.45) is 0. The van der Waals surface area contributed by atoms with E-state index in [9.17, 15) is 4.79 Å². The number of aryl methyl sites for hydroxylation is 8. The van der Waals surface area contributed by atoms with Crippen LogP contribution in [0.2, 0.25) is 0 Å². The van der Waals surface area contributed by atoms with Gasteiger partial charge in [0.05, 0.1) is 66.2 Å². The fourth-order valence-electron chi connectivity index (χ4n) is 16.9. The van der Waals surface area contributed by atoms with Crippen molar-refractivity contribution in [1.82, 2.24) is 27.4 Å². The molecule has 6 heterocycles. The number of rotatable bonds is 8. The maximum atomic E-state index is 15.0. The van der Waals surface area contributed by atoms with Gasteiger partial charge in [0.25, 0.3) is 0 Å². The third kappa shape index (κ3) is 8.54. The van der Waals surface area contributed by atoms with Crippen molar-refractivity contribution in [2.24, 2.45) is 0 Å². The first-order valence-corrected chi connectivity index (χ1v) is 34.7. The highest BCUT2D eigenvalue weighted by Gasteiger charge is 2.24. The maximum Gasteiger partial charge on any atom is 0.193 e. The van der Waals surface area contributed by atoms with Crippen LogP contribution in [0.15, 0.2) is 267 Å². The number of ketones is 1. The molecule has 0 saturated heterocycles. The first-order chi connectivity index (χ1) is 48.7. The van der Waals surface area contributed by atoms with Gasteiger partial charge in [0, 0.05) is 110 Å². The van der Waals surface area contributed by atoms with E-state index in [0.29, 0.717) is 11.1 Å². The number of carbonyl (C=O) groups is 1. The summed E-state index contributed by atoms with van der Waals surface area (Å²) >= 11 is 0. The van der Waals surface area contributed by atoms with Gasteiger partial charge in [-0.15, -0.1) is 0 Å². The van der Waals surface area contributed by atoms with Gasteiger partial charge < -0.3 is 27.4 Å². The number of carbonyl (C=O) groups excluding carboxylic acids is 1. The van der Waals surface area contributed by atoms with Crippen molar-refractivity contribution in [2.75, 3.05) is 0 Å². The Morgan fingerprint density at radius 2 is 0.310 bits per heavy atom. The molecule has 0 fully saturated rings. The van der Waals surface area contributed by atoms with E-state index in [2.05, 4.69) is 325 Å². The smallest absolute Gasteiger partial charge is 0.193 e. The predicted octanol–water partition coefficient (Wildman–Crippen LogP) is 24.0. The Bertz CT molecular complexity index is 5970. The van der Waals surface area contributed by atoms with Gasteiger partial charge in [0.2, 0.25) is 0 Å². The number of benzene rings is 14. The monoisotopic (exact) mass is 1280 g/mol. The van der Waals surface area contributed by atoms with Crippen molar-refractivity contribution in [1.29, 1.82) is 0 Å². The van der Waals surface area contributed by atoms with Crippen molar-refractivity contribution < 1.29 is 4.79 Å². The van der Waals surface area contributed by atoms with Gasteiger partial charge in [-0.3, -0.25) is 4.79 Å². The lowest BCUT2D eigenvalue weighted by Gasteiger charge is -2.12. The molecule has 7 heteroatoms. The fourth-order valence-corrected chi connectivity index (χ4v) is 16.9. The normalized spacial score (nSPS) is 12.2. The Morgan fingerprint density at radius 3 is 0.490 bits per heavy atom. The first-order valence-electron chi connectivity index (χ1n) is 34.7. The highest BCUT2D eigenvalue weighted by atomic mass is 16.1. The summed E-state index contributed by atoms with van der Waals surface area (Å²) in [6, 6.07) is 98.7. The first kappa shape index (κ1) is 57.8. The summed E-state index contributed by atoms with van der Waals surface area (Å²) < 4.78 is 14.4. The standard InChI is InChI=1S/C93H68N6O/c1-53-9-29-81-69(41-53)70-42-54(2)10-30-82(70)96(81)65-25-37-89-77(49-65)78-50-66(97-83-31-11-55(3)43-71(83)72-44-56(4)12-32-84(72)97)26-38-90(78)94(89)63-21-17-61(18-22-63)93(100)62-19-23-64(24-20-62)95-91-39-27-67(98-85-33-13-57(5)45-73(85)74-46-58(6)14-34-86(74)98)51-79(91)80-52-68(28-40-92(80)95)99-87-35-15-59(7)47-75(87)76-48-60(8)16-36-88(76)99/h9-52H,1-8H3. The van der Waals surface area contributed by atoms with Crippen LogP contribution >= 0.6 is 0 Å². The van der Waals surface area contributed by atoms with Crippen molar-refractivity contribution >= 4 is 137 Å². The molecule has 0 amide bonds. The van der Waals surface area contributed by atoms with E-state index in [1.807, 2.05) is 24.3 Å². The van der Waals surface area contributed by atoms with E-state index in [4.69, 9.17) is 0 Å². The minimum absolute atomic E-state index is 0.0348. The highest BCUT2D eigenvalue weighted by Crippen LogP contribution is 2.44. The van der Waals surface area contributed by atoms with Crippen molar-refractivity contribution in [3.05, 3.63) is 323 Å². The summed E-state index contributed by atoms with van der Waals surface area (Å²) in [5.41, 5.74) is 31.3. The molecule has 0 atom stereocenters. The van der Waals surface area contributed by atoms with E-state index < -0.39 is 0 Å². The van der Waals surface area contributed by atoms with Gasteiger partial charge in [-0.1, -0.05) is 93.0 Å². The summed E-state index contributed by atoms with van der Waals surface area (Å²) in [5.74, 6) is -0.0348. The largest absolute Gasteiger partial charge is 0.309 e. The fraction of sp³-hybridized carbons (Fsp3) is 0.0860. The molecule has 7 nitrogen and oxygen atoms in total. The zero-order valence-corrected chi connectivity index (χ0v) is 57.0. The van der Waals surface area contributed by atoms with Gasteiger partial charge in [-0.25, -0.2) is 0 Å². The zero-order valence-electron chi connectivity index (χ0n) is 57.0. The third-order valence-electron chi connectivity index (χ3n) is 21.6. The minimum atomic E-state index is -0.0348. The van der Waals surface area contributed by atoms with Crippen LogP contribution in [0.3, 0.4) is 0 Å². The Kier molecular flexibility index (Phi) is 12.3. The molecule has 0 unspecified atom stereocenters. The van der Waals surface area contributed by atoms with Crippen molar-refractivity contribution in [3.8, 4) is 34.1 Å². The number of nitrogens with zero attached hydrogens (tertiary/aromatic N) is 6. The summed E-state index contributed by atoms with van der Waals surface area (Å²) in [5, 5.41) is 14.6. The van der Waals surface area contributed by atoms with Crippen LogP contribution in [0.1, 0.15) is 60.4 Å². The van der Waals surface area contributed by atoms with Gasteiger partial charge >= 0.3 is 0 Å². The van der Waals surface area contributed by atoms with Gasteiger partial charge in [0.1, 0.15) is 0 Å². The molecule has 14 aromatic carbocycles. The second-order valence-electron chi connectivity index (χ2n) is 28.4. The molecule has 0 aliphatic carbocycles. The topological polar surface area (TPSA) is 46.6 Å². The van der Waals surface area contributed by atoms with E-state index in [1.54, 1.807) is 0 Å². The predicted molar refractivity (Wildman–Crippen MR) is 420 cm³/mol. The molecular weight excluding hydrogens is 1220 g/mol. The van der Waals surface area contributed by atoms with Crippen LogP contribution in [0.5, 0.6) is 0 Å². The van der Waals surface area contributed by atoms with Crippen LogP contribution in [-0.2, 0) is 0 Å². The molecule has 0 saturated carbocycles. The Labute approximate surface area is 577 Å². The van der Waals surface area contributed by atoms with E-state index >= 15 is 0 Å². The van der Waals surface area contributed by atoms with Crippen LogP contribution < -0.4 is 0 Å². The number of fused-ring (bicyclic) bond motifs is 18. The molecule has 476 valence electrons. The number of hydrogen-bond acceptors (Lipinski definition) is 1.